The summed E-state index contributed by atoms with van der Waals surface area (Å²) in [7, 11) is 1.96. The summed E-state index contributed by atoms with van der Waals surface area (Å²) in [6.07, 6.45) is 4.62. The van der Waals surface area contributed by atoms with E-state index in [0.29, 0.717) is 19.0 Å². The molecule has 0 spiro atoms. The average Bonchev–Trinajstić information content (AvgIpc) is 2.53. The van der Waals surface area contributed by atoms with Gasteiger partial charge in [-0.1, -0.05) is 6.92 Å². The summed E-state index contributed by atoms with van der Waals surface area (Å²) >= 11 is 0. The highest BCUT2D eigenvalue weighted by Gasteiger charge is 2.32. The average molecular weight is 318 g/mol. The molecule has 2 aliphatic rings. The first kappa shape index (κ1) is 18.2. The third-order valence-electron chi connectivity index (χ3n) is 4.57. The Morgan fingerprint density at radius 3 is 2.43 bits per heavy atom. The van der Waals surface area contributed by atoms with Crippen molar-refractivity contribution in [1.82, 2.24) is 15.1 Å². The molecular weight excluding hydrogens is 290 g/mol. The number of hydrogen-bond acceptors (Lipinski definition) is 3. The van der Waals surface area contributed by atoms with Crippen LogP contribution >= 0.6 is 12.4 Å². The summed E-state index contributed by atoms with van der Waals surface area (Å²) in [4.78, 5) is 28.3. The number of likely N-dealkylation sites (N-methyl/N-ethyl adjacent to an activating group) is 1. The Hall–Kier alpha value is -0.810. The molecule has 0 aliphatic carbocycles. The summed E-state index contributed by atoms with van der Waals surface area (Å²) < 4.78 is 0. The fraction of sp³-hybridized carbons (Fsp3) is 0.867. The van der Waals surface area contributed by atoms with Gasteiger partial charge in [0.1, 0.15) is 0 Å². The van der Waals surface area contributed by atoms with Crippen LogP contribution in [-0.4, -0.2) is 60.9 Å². The first-order valence-electron chi connectivity index (χ1n) is 7.89. The number of carbonyl (C=O) groups excluding carboxylic acids is 2. The minimum absolute atomic E-state index is 0. The van der Waals surface area contributed by atoms with Crippen molar-refractivity contribution >= 4 is 24.2 Å². The van der Waals surface area contributed by atoms with Gasteiger partial charge in [-0.15, -0.1) is 12.4 Å². The number of carbonyl (C=O) groups is 2. The van der Waals surface area contributed by atoms with Crippen molar-refractivity contribution < 1.29 is 9.59 Å². The normalized spacial score (nSPS) is 26.2. The lowest BCUT2D eigenvalue weighted by atomic mass is 9.94. The molecule has 0 aromatic heterocycles. The zero-order valence-corrected chi connectivity index (χ0v) is 14.0. The summed E-state index contributed by atoms with van der Waals surface area (Å²) in [6.45, 7) is 5.00. The van der Waals surface area contributed by atoms with Crippen molar-refractivity contribution in [2.45, 2.75) is 45.1 Å². The molecule has 5 nitrogen and oxygen atoms in total. The Morgan fingerprint density at radius 1 is 1.10 bits per heavy atom. The molecule has 2 atom stereocenters. The van der Waals surface area contributed by atoms with Crippen molar-refractivity contribution in [3.05, 3.63) is 0 Å². The van der Waals surface area contributed by atoms with Crippen molar-refractivity contribution in [2.24, 2.45) is 5.92 Å². The van der Waals surface area contributed by atoms with Crippen LogP contribution in [0, 0.1) is 5.92 Å². The van der Waals surface area contributed by atoms with Crippen LogP contribution in [0.2, 0.25) is 0 Å². The number of halogens is 1. The summed E-state index contributed by atoms with van der Waals surface area (Å²) in [6, 6.07) is 0.421. The molecule has 0 saturated carbocycles. The lowest BCUT2D eigenvalue weighted by molar-refractivity contribution is -0.141. The maximum atomic E-state index is 12.6. The number of amides is 2. The standard InChI is InChI=1S/C15H27N3O2.ClH/c1-3-14(19)17-8-4-6-12(10-17)15(20)18-9-5-7-13(11-18)16-2;/h12-13,16H,3-11H2,1-2H3;1H. The van der Waals surface area contributed by atoms with E-state index >= 15 is 0 Å². The van der Waals surface area contributed by atoms with Gasteiger partial charge in [-0.3, -0.25) is 9.59 Å². The molecule has 0 aromatic rings. The lowest BCUT2D eigenvalue weighted by Crippen LogP contribution is -2.52. The minimum atomic E-state index is 0. The second kappa shape index (κ2) is 8.59. The smallest absolute Gasteiger partial charge is 0.227 e. The minimum Gasteiger partial charge on any atom is -0.342 e. The van der Waals surface area contributed by atoms with Crippen LogP contribution in [0.3, 0.4) is 0 Å². The monoisotopic (exact) mass is 317 g/mol. The topological polar surface area (TPSA) is 52.7 Å². The Kier molecular flexibility index (Phi) is 7.46. The van der Waals surface area contributed by atoms with Gasteiger partial charge in [0.15, 0.2) is 0 Å². The first-order chi connectivity index (χ1) is 9.65. The third-order valence-corrected chi connectivity index (χ3v) is 4.57. The molecule has 0 radical (unpaired) electrons. The number of hydrogen-bond donors (Lipinski definition) is 1. The highest BCUT2D eigenvalue weighted by molar-refractivity contribution is 5.85. The zero-order valence-electron chi connectivity index (χ0n) is 13.1. The molecule has 2 rings (SSSR count). The van der Waals surface area contributed by atoms with Gasteiger partial charge in [-0.05, 0) is 32.7 Å². The Balaban J connectivity index is 0.00000220. The van der Waals surface area contributed by atoms with E-state index in [1.54, 1.807) is 0 Å². The molecular formula is C15H28ClN3O2. The van der Waals surface area contributed by atoms with Crippen molar-refractivity contribution in [2.75, 3.05) is 33.2 Å². The van der Waals surface area contributed by atoms with E-state index in [1.165, 1.54) is 0 Å². The molecule has 122 valence electrons. The molecule has 2 aliphatic heterocycles. The van der Waals surface area contributed by atoms with Crippen molar-refractivity contribution in [3.8, 4) is 0 Å². The summed E-state index contributed by atoms with van der Waals surface area (Å²) in [5.41, 5.74) is 0. The van der Waals surface area contributed by atoms with E-state index in [1.807, 2.05) is 23.8 Å². The third kappa shape index (κ3) is 4.58. The predicted octanol–water partition coefficient (Wildman–Crippen LogP) is 1.27. The Labute approximate surface area is 133 Å². The molecule has 6 heteroatoms. The largest absolute Gasteiger partial charge is 0.342 e. The summed E-state index contributed by atoms with van der Waals surface area (Å²) in [5, 5.41) is 3.27. The van der Waals surface area contributed by atoms with Crippen molar-refractivity contribution in [1.29, 1.82) is 0 Å². The van der Waals surface area contributed by atoms with Gasteiger partial charge < -0.3 is 15.1 Å². The van der Waals surface area contributed by atoms with Gasteiger partial charge in [-0.2, -0.15) is 0 Å². The van der Waals surface area contributed by atoms with Crippen LogP contribution in [-0.2, 0) is 9.59 Å². The highest BCUT2D eigenvalue weighted by Crippen LogP contribution is 2.21. The quantitative estimate of drug-likeness (QED) is 0.853. The molecule has 1 N–H and O–H groups in total. The fourth-order valence-electron chi connectivity index (χ4n) is 3.30. The van der Waals surface area contributed by atoms with Crippen LogP contribution in [0.25, 0.3) is 0 Å². The number of rotatable bonds is 3. The molecule has 21 heavy (non-hydrogen) atoms. The van der Waals surface area contributed by atoms with Gasteiger partial charge in [0.2, 0.25) is 11.8 Å². The zero-order chi connectivity index (χ0) is 14.5. The molecule has 2 heterocycles. The van der Waals surface area contributed by atoms with Gasteiger partial charge in [0.05, 0.1) is 5.92 Å². The number of nitrogens with one attached hydrogen (secondary N) is 1. The van der Waals surface area contributed by atoms with Gasteiger partial charge >= 0.3 is 0 Å². The fourth-order valence-corrected chi connectivity index (χ4v) is 3.30. The maximum Gasteiger partial charge on any atom is 0.227 e. The van der Waals surface area contributed by atoms with Crippen molar-refractivity contribution in [3.63, 3.8) is 0 Å². The lowest BCUT2D eigenvalue weighted by Gasteiger charge is -2.38. The van der Waals surface area contributed by atoms with E-state index in [-0.39, 0.29) is 30.1 Å². The first-order valence-corrected chi connectivity index (χ1v) is 7.89. The highest BCUT2D eigenvalue weighted by atomic mass is 35.5. The molecule has 0 bridgehead atoms. The predicted molar refractivity (Wildman–Crippen MR) is 85.5 cm³/mol. The second-order valence-corrected chi connectivity index (χ2v) is 5.94. The van der Waals surface area contributed by atoms with Gasteiger partial charge in [-0.25, -0.2) is 0 Å². The van der Waals surface area contributed by atoms with Crippen LogP contribution < -0.4 is 5.32 Å². The number of likely N-dealkylation sites (tertiary alicyclic amines) is 2. The summed E-state index contributed by atoms with van der Waals surface area (Å²) in [5.74, 6) is 0.433. The SMILES string of the molecule is CCC(=O)N1CCCC(C(=O)N2CCCC(NC)C2)C1.Cl. The van der Waals surface area contributed by atoms with Gasteiger partial charge in [0.25, 0.3) is 0 Å². The van der Waals surface area contributed by atoms with Crippen LogP contribution in [0.4, 0.5) is 0 Å². The Morgan fingerprint density at radius 2 is 1.76 bits per heavy atom. The van der Waals surface area contributed by atoms with Gasteiger partial charge in [0, 0.05) is 38.6 Å². The second-order valence-electron chi connectivity index (χ2n) is 5.94. The van der Waals surface area contributed by atoms with E-state index in [2.05, 4.69) is 5.32 Å². The van der Waals surface area contributed by atoms with E-state index in [0.717, 1.165) is 45.3 Å². The molecule has 0 aromatic carbocycles. The Bertz CT molecular complexity index is 365. The van der Waals surface area contributed by atoms with E-state index < -0.39 is 0 Å². The number of nitrogens with zero attached hydrogens (tertiary/aromatic N) is 2. The van der Waals surface area contributed by atoms with E-state index in [9.17, 15) is 9.59 Å². The van der Waals surface area contributed by atoms with E-state index in [4.69, 9.17) is 0 Å². The molecule has 2 fully saturated rings. The van der Waals surface area contributed by atoms with Crippen LogP contribution in [0.5, 0.6) is 0 Å². The van der Waals surface area contributed by atoms with Crippen LogP contribution in [0.15, 0.2) is 0 Å². The maximum absolute atomic E-state index is 12.6. The van der Waals surface area contributed by atoms with Crippen LogP contribution in [0.1, 0.15) is 39.0 Å². The molecule has 2 unspecified atom stereocenters. The molecule has 2 amide bonds. The molecule has 2 saturated heterocycles. The number of piperidine rings is 2.